The summed E-state index contributed by atoms with van der Waals surface area (Å²) in [4.78, 5) is 18.4. The summed E-state index contributed by atoms with van der Waals surface area (Å²) in [7, 11) is -3.44. The highest BCUT2D eigenvalue weighted by atomic mass is 31.2. The molecule has 32 heavy (non-hydrogen) atoms. The van der Waals surface area contributed by atoms with E-state index >= 15 is 0 Å². The zero-order chi connectivity index (χ0) is 23.9. The highest BCUT2D eigenvalue weighted by molar-refractivity contribution is 7.53. The Morgan fingerprint density at radius 3 is 2.16 bits per heavy atom. The van der Waals surface area contributed by atoms with Crippen molar-refractivity contribution >= 4 is 7.60 Å². The van der Waals surface area contributed by atoms with Crippen molar-refractivity contribution in [2.45, 2.75) is 46.1 Å². The first kappa shape index (κ1) is 26.1. The van der Waals surface area contributed by atoms with Gasteiger partial charge in [0.25, 0.3) is 5.56 Å². The number of ether oxygens (including phenoxy) is 2. The minimum absolute atomic E-state index is 0.0109. The summed E-state index contributed by atoms with van der Waals surface area (Å²) in [6.45, 7) is 6.90. The smallest absolute Gasteiger partial charge is 0.416 e. The Balaban J connectivity index is 1.96. The Hall–Kier alpha value is -2.20. The number of halogens is 3. The molecule has 0 aliphatic heterocycles. The third-order valence-electron chi connectivity index (χ3n) is 3.67. The SMILES string of the molecule is CC(C)OP(=O)(COCCOc1cc(=O)[nH]c(-c2ccc(C(F)(F)F)cc2)n1)OC(C)C. The first-order valence-corrected chi connectivity index (χ1v) is 11.6. The molecule has 0 bridgehead atoms. The molecule has 1 N–H and O–H groups in total. The molecule has 0 saturated carbocycles. The van der Waals surface area contributed by atoms with Gasteiger partial charge in [-0.1, -0.05) is 12.1 Å². The van der Waals surface area contributed by atoms with E-state index in [4.69, 9.17) is 18.5 Å². The Morgan fingerprint density at radius 2 is 1.62 bits per heavy atom. The molecule has 0 saturated heterocycles. The number of hydrogen-bond acceptors (Lipinski definition) is 7. The van der Waals surface area contributed by atoms with Crippen LogP contribution in [0.4, 0.5) is 13.2 Å². The second-order valence-corrected chi connectivity index (χ2v) is 9.21. The van der Waals surface area contributed by atoms with E-state index in [1.807, 2.05) is 0 Å². The lowest BCUT2D eigenvalue weighted by Gasteiger charge is -2.22. The van der Waals surface area contributed by atoms with Crippen LogP contribution in [-0.4, -0.2) is 41.7 Å². The second-order valence-electron chi connectivity index (χ2n) is 7.31. The van der Waals surface area contributed by atoms with Gasteiger partial charge >= 0.3 is 13.8 Å². The predicted octanol–water partition coefficient (Wildman–Crippen LogP) is 4.85. The van der Waals surface area contributed by atoms with Crippen molar-refractivity contribution in [1.82, 2.24) is 9.97 Å². The van der Waals surface area contributed by atoms with E-state index < -0.39 is 24.9 Å². The van der Waals surface area contributed by atoms with Gasteiger partial charge in [0, 0.05) is 5.56 Å². The fourth-order valence-corrected chi connectivity index (χ4v) is 4.38. The number of alkyl halides is 3. The highest BCUT2D eigenvalue weighted by Crippen LogP contribution is 2.50. The second kappa shape index (κ2) is 11.1. The lowest BCUT2D eigenvalue weighted by molar-refractivity contribution is -0.137. The normalized spacial score (nSPS) is 12.5. The summed E-state index contributed by atoms with van der Waals surface area (Å²) < 4.78 is 72.3. The van der Waals surface area contributed by atoms with Crippen molar-refractivity contribution in [3.05, 3.63) is 46.2 Å². The van der Waals surface area contributed by atoms with Crippen LogP contribution in [0.1, 0.15) is 33.3 Å². The van der Waals surface area contributed by atoms with Crippen LogP contribution in [0.15, 0.2) is 35.1 Å². The maximum absolute atomic E-state index is 12.7. The maximum atomic E-state index is 12.7. The average molecular weight is 478 g/mol. The van der Waals surface area contributed by atoms with E-state index in [2.05, 4.69) is 9.97 Å². The first-order valence-electron chi connectivity index (χ1n) is 9.83. The van der Waals surface area contributed by atoms with Gasteiger partial charge in [0.15, 0.2) is 0 Å². The van der Waals surface area contributed by atoms with Crippen LogP contribution < -0.4 is 10.3 Å². The van der Waals surface area contributed by atoms with Gasteiger partial charge in [-0.3, -0.25) is 9.36 Å². The number of hydrogen-bond donors (Lipinski definition) is 1. The molecule has 2 rings (SSSR count). The lowest BCUT2D eigenvalue weighted by Crippen LogP contribution is -2.15. The van der Waals surface area contributed by atoms with Crippen molar-refractivity contribution in [3.8, 4) is 17.3 Å². The molecule has 1 aromatic carbocycles. The van der Waals surface area contributed by atoms with Crippen molar-refractivity contribution in [3.63, 3.8) is 0 Å². The van der Waals surface area contributed by atoms with Gasteiger partial charge in [-0.05, 0) is 39.8 Å². The molecule has 0 aliphatic carbocycles. The Morgan fingerprint density at radius 1 is 1.03 bits per heavy atom. The molecule has 0 spiro atoms. The van der Waals surface area contributed by atoms with Crippen LogP contribution in [0, 0.1) is 0 Å². The summed E-state index contributed by atoms with van der Waals surface area (Å²) in [6.07, 6.45) is -5.37. The molecular weight excluding hydrogens is 452 g/mol. The summed E-state index contributed by atoms with van der Waals surface area (Å²) in [6, 6.07) is 5.30. The molecule has 8 nitrogen and oxygen atoms in total. The van der Waals surface area contributed by atoms with Gasteiger partial charge in [0.1, 0.15) is 18.8 Å². The molecule has 1 aromatic heterocycles. The van der Waals surface area contributed by atoms with Gasteiger partial charge in [-0.15, -0.1) is 0 Å². The first-order chi connectivity index (χ1) is 14.9. The zero-order valence-corrected chi connectivity index (χ0v) is 19.0. The number of nitrogens with one attached hydrogen (secondary N) is 1. The zero-order valence-electron chi connectivity index (χ0n) is 18.1. The maximum Gasteiger partial charge on any atom is 0.416 e. The topological polar surface area (TPSA) is 99.7 Å². The predicted molar refractivity (Wildman–Crippen MR) is 112 cm³/mol. The number of H-pyrrole nitrogens is 1. The van der Waals surface area contributed by atoms with Gasteiger partial charge in [-0.2, -0.15) is 18.2 Å². The van der Waals surface area contributed by atoms with E-state index in [1.54, 1.807) is 27.7 Å². The molecule has 178 valence electrons. The van der Waals surface area contributed by atoms with Crippen LogP contribution in [-0.2, 0) is 24.5 Å². The van der Waals surface area contributed by atoms with Crippen molar-refractivity contribution in [2.24, 2.45) is 0 Å². The van der Waals surface area contributed by atoms with Crippen LogP contribution in [0.5, 0.6) is 5.88 Å². The number of benzene rings is 1. The number of rotatable bonds is 11. The average Bonchev–Trinajstić information content (AvgIpc) is 2.65. The molecule has 0 radical (unpaired) electrons. The molecule has 0 amide bonds. The fraction of sp³-hybridized carbons (Fsp3) is 0.500. The minimum Gasteiger partial charge on any atom is -0.475 e. The third kappa shape index (κ3) is 8.38. The number of aromatic nitrogens is 2. The summed E-state index contributed by atoms with van der Waals surface area (Å²) >= 11 is 0. The molecular formula is C20H26F3N2O6P. The quantitative estimate of drug-likeness (QED) is 0.364. The molecule has 0 atom stereocenters. The number of aromatic amines is 1. The van der Waals surface area contributed by atoms with E-state index in [0.29, 0.717) is 0 Å². The molecule has 0 unspecified atom stereocenters. The molecule has 1 heterocycles. The monoisotopic (exact) mass is 478 g/mol. The summed E-state index contributed by atoms with van der Waals surface area (Å²) in [5, 5.41) is 0. The standard InChI is InChI=1S/C20H26F3N2O6P/c1-13(2)30-32(27,31-14(3)4)12-28-9-10-29-18-11-17(26)24-19(25-18)15-5-7-16(8-6-15)20(21,22)23/h5-8,11,13-14H,9-10,12H2,1-4H3,(H,24,25,26). The summed E-state index contributed by atoms with van der Waals surface area (Å²) in [5.74, 6) is 0.0228. The lowest BCUT2D eigenvalue weighted by atomic mass is 10.1. The van der Waals surface area contributed by atoms with E-state index in [1.165, 1.54) is 12.1 Å². The fourth-order valence-electron chi connectivity index (χ4n) is 2.57. The Labute approximate surface area is 183 Å². The van der Waals surface area contributed by atoms with Gasteiger partial charge in [-0.25, -0.2) is 0 Å². The van der Waals surface area contributed by atoms with Gasteiger partial charge in [0.2, 0.25) is 5.88 Å². The Bertz CT molecular complexity index is 963. The van der Waals surface area contributed by atoms with Gasteiger partial charge < -0.3 is 23.5 Å². The van der Waals surface area contributed by atoms with E-state index in [9.17, 15) is 22.5 Å². The van der Waals surface area contributed by atoms with E-state index in [-0.39, 0.29) is 49.0 Å². The largest absolute Gasteiger partial charge is 0.475 e. The van der Waals surface area contributed by atoms with Crippen LogP contribution >= 0.6 is 7.60 Å². The molecule has 2 aromatic rings. The highest BCUT2D eigenvalue weighted by Gasteiger charge is 2.30. The summed E-state index contributed by atoms with van der Waals surface area (Å²) in [5.41, 5.74) is -1.06. The van der Waals surface area contributed by atoms with Crippen LogP contribution in [0.25, 0.3) is 11.4 Å². The van der Waals surface area contributed by atoms with Crippen molar-refractivity contribution in [2.75, 3.05) is 19.6 Å². The van der Waals surface area contributed by atoms with Gasteiger partial charge in [0.05, 0.1) is 30.4 Å². The number of nitrogens with zero attached hydrogens (tertiary/aromatic N) is 1. The molecule has 0 fully saturated rings. The third-order valence-corrected chi connectivity index (χ3v) is 5.66. The molecule has 0 aliphatic rings. The van der Waals surface area contributed by atoms with Crippen LogP contribution in [0.3, 0.4) is 0 Å². The van der Waals surface area contributed by atoms with Crippen LogP contribution in [0.2, 0.25) is 0 Å². The van der Waals surface area contributed by atoms with Crippen molar-refractivity contribution in [1.29, 1.82) is 0 Å². The Kier molecular flexibility index (Phi) is 9.03. The molecule has 12 heteroatoms. The van der Waals surface area contributed by atoms with E-state index in [0.717, 1.165) is 18.2 Å². The minimum atomic E-state index is -4.46. The van der Waals surface area contributed by atoms with Crippen molar-refractivity contribution < 1.29 is 36.3 Å².